The van der Waals surface area contributed by atoms with E-state index in [2.05, 4.69) is 15.5 Å². The van der Waals surface area contributed by atoms with Crippen molar-refractivity contribution in [1.82, 2.24) is 19.6 Å². The molecule has 3 heterocycles. The number of aromatic nitrogens is 4. The molecule has 10 heteroatoms. The number of furan rings is 1. The molecule has 0 unspecified atom stereocenters. The molecule has 4 rings (SSSR count). The maximum Gasteiger partial charge on any atom is 0.333 e. The van der Waals surface area contributed by atoms with Crippen molar-refractivity contribution in [2.45, 2.75) is 6.55 Å². The van der Waals surface area contributed by atoms with E-state index < -0.39 is 12.5 Å². The van der Waals surface area contributed by atoms with Crippen LogP contribution >= 0.6 is 11.6 Å². The molecule has 0 spiro atoms. The fraction of sp³-hybridized carbons (Fsp3) is 0.0556. The summed E-state index contributed by atoms with van der Waals surface area (Å²) >= 11 is 5.94. The second-order valence-electron chi connectivity index (χ2n) is 5.72. The summed E-state index contributed by atoms with van der Waals surface area (Å²) in [5.41, 5.74) is 1.41. The van der Waals surface area contributed by atoms with Gasteiger partial charge in [-0.2, -0.15) is 19.0 Å². The summed E-state index contributed by atoms with van der Waals surface area (Å²) in [6, 6.07) is 11.9. The number of hydrogen-bond donors (Lipinski definition) is 1. The number of benzene rings is 1. The fourth-order valence-electron chi connectivity index (χ4n) is 2.58. The first-order valence-corrected chi connectivity index (χ1v) is 8.42. The van der Waals surface area contributed by atoms with E-state index >= 15 is 0 Å². The molecule has 28 heavy (non-hydrogen) atoms. The third-order valence-corrected chi connectivity index (χ3v) is 4.10. The lowest BCUT2D eigenvalue weighted by Crippen LogP contribution is -2.12. The Morgan fingerprint density at radius 2 is 2.00 bits per heavy atom. The molecule has 7 nitrogen and oxygen atoms in total. The van der Waals surface area contributed by atoms with Crippen molar-refractivity contribution in [2.24, 2.45) is 0 Å². The Morgan fingerprint density at radius 3 is 2.64 bits per heavy atom. The Labute approximate surface area is 162 Å². The van der Waals surface area contributed by atoms with E-state index in [-0.39, 0.29) is 11.4 Å². The van der Waals surface area contributed by atoms with Crippen LogP contribution in [0.5, 0.6) is 0 Å². The minimum absolute atomic E-state index is 0.0751. The normalized spacial score (nSPS) is 11.1. The summed E-state index contributed by atoms with van der Waals surface area (Å²) < 4.78 is 32.7. The number of rotatable bonds is 5. The Kier molecular flexibility index (Phi) is 4.66. The van der Waals surface area contributed by atoms with E-state index in [9.17, 15) is 13.6 Å². The van der Waals surface area contributed by atoms with Gasteiger partial charge >= 0.3 is 6.55 Å². The van der Waals surface area contributed by atoms with Crippen LogP contribution in [0.15, 0.2) is 65.5 Å². The molecule has 0 saturated carbocycles. The quantitative estimate of drug-likeness (QED) is 0.527. The molecule has 4 aromatic rings. The van der Waals surface area contributed by atoms with Crippen LogP contribution in [-0.4, -0.2) is 25.5 Å². The van der Waals surface area contributed by atoms with Crippen LogP contribution in [0.2, 0.25) is 5.02 Å². The van der Waals surface area contributed by atoms with Gasteiger partial charge in [0.15, 0.2) is 11.5 Å². The van der Waals surface area contributed by atoms with Gasteiger partial charge in [-0.05, 0) is 36.4 Å². The molecule has 0 bridgehead atoms. The number of nitrogens with one attached hydrogen (secondary N) is 1. The second kappa shape index (κ2) is 7.28. The van der Waals surface area contributed by atoms with Crippen LogP contribution in [0.3, 0.4) is 0 Å². The van der Waals surface area contributed by atoms with Gasteiger partial charge < -0.3 is 9.73 Å². The topological polar surface area (TPSA) is 77.9 Å². The van der Waals surface area contributed by atoms with Crippen molar-refractivity contribution in [2.75, 3.05) is 5.32 Å². The molecule has 0 aliphatic heterocycles. The minimum atomic E-state index is -2.79. The first kappa shape index (κ1) is 17.9. The van der Waals surface area contributed by atoms with Crippen LogP contribution in [0.1, 0.15) is 17.0 Å². The zero-order valence-electron chi connectivity index (χ0n) is 14.1. The molecule has 0 radical (unpaired) electrons. The molecule has 142 valence electrons. The Hall–Kier alpha value is -3.46. The molecular weight excluding hydrogens is 392 g/mol. The van der Waals surface area contributed by atoms with Crippen molar-refractivity contribution in [3.8, 4) is 17.1 Å². The SMILES string of the molecule is O=C(Nc1cnn(C(F)F)c1)c1cc(-c2ccco2)n(-c2ccc(Cl)cc2)n1. The molecule has 0 fully saturated rings. The van der Waals surface area contributed by atoms with Gasteiger partial charge in [0, 0.05) is 11.1 Å². The highest BCUT2D eigenvalue weighted by Gasteiger charge is 2.19. The van der Waals surface area contributed by atoms with Crippen molar-refractivity contribution in [1.29, 1.82) is 0 Å². The predicted molar refractivity (Wildman–Crippen MR) is 97.7 cm³/mol. The van der Waals surface area contributed by atoms with Gasteiger partial charge in [0.1, 0.15) is 5.69 Å². The maximum atomic E-state index is 12.6. The van der Waals surface area contributed by atoms with E-state index in [4.69, 9.17) is 16.0 Å². The van der Waals surface area contributed by atoms with Gasteiger partial charge in [0.25, 0.3) is 5.91 Å². The molecule has 1 aromatic carbocycles. The van der Waals surface area contributed by atoms with Gasteiger partial charge in [0.05, 0.1) is 30.0 Å². The van der Waals surface area contributed by atoms with Crippen LogP contribution in [0, 0.1) is 0 Å². The molecule has 1 amide bonds. The Morgan fingerprint density at radius 1 is 1.21 bits per heavy atom. The van der Waals surface area contributed by atoms with E-state index in [0.717, 1.165) is 12.4 Å². The number of carbonyl (C=O) groups is 1. The lowest BCUT2D eigenvalue weighted by atomic mass is 10.2. The summed E-state index contributed by atoms with van der Waals surface area (Å²) in [6.45, 7) is -2.79. The molecule has 0 aliphatic rings. The summed E-state index contributed by atoms with van der Waals surface area (Å²) in [7, 11) is 0. The molecule has 1 N–H and O–H groups in total. The van der Waals surface area contributed by atoms with Gasteiger partial charge in [-0.3, -0.25) is 4.79 Å². The van der Waals surface area contributed by atoms with E-state index in [1.807, 2.05) is 0 Å². The van der Waals surface area contributed by atoms with Gasteiger partial charge in [-0.1, -0.05) is 11.6 Å². The molecule has 0 aliphatic carbocycles. The van der Waals surface area contributed by atoms with Crippen molar-refractivity contribution >= 4 is 23.2 Å². The number of nitrogens with zero attached hydrogens (tertiary/aromatic N) is 4. The van der Waals surface area contributed by atoms with E-state index in [1.54, 1.807) is 42.5 Å². The Bertz CT molecular complexity index is 1100. The average Bonchev–Trinajstić information content (AvgIpc) is 3.42. The smallest absolute Gasteiger partial charge is 0.333 e. The number of anilines is 1. The standard InChI is InChI=1S/C18H12ClF2N5O2/c19-11-3-5-13(6-4-11)26-15(16-2-1-7-28-16)8-14(24-26)17(27)23-12-9-22-25(10-12)18(20)21/h1-10,18H,(H,23,27). The third-order valence-electron chi connectivity index (χ3n) is 3.85. The highest BCUT2D eigenvalue weighted by molar-refractivity contribution is 6.30. The average molecular weight is 404 g/mol. The third kappa shape index (κ3) is 3.52. The van der Waals surface area contributed by atoms with Gasteiger partial charge in [0.2, 0.25) is 0 Å². The highest BCUT2D eigenvalue weighted by Crippen LogP contribution is 2.26. The van der Waals surface area contributed by atoms with Crippen LogP contribution in [0.4, 0.5) is 14.5 Å². The zero-order valence-corrected chi connectivity index (χ0v) is 14.8. The second-order valence-corrected chi connectivity index (χ2v) is 6.16. The largest absolute Gasteiger partial charge is 0.463 e. The number of halogens is 3. The summed E-state index contributed by atoms with van der Waals surface area (Å²) in [5, 5.41) is 10.9. The fourth-order valence-corrected chi connectivity index (χ4v) is 2.70. The number of amides is 1. The lowest BCUT2D eigenvalue weighted by Gasteiger charge is -2.05. The molecule has 3 aromatic heterocycles. The van der Waals surface area contributed by atoms with Gasteiger partial charge in [-0.15, -0.1) is 0 Å². The number of alkyl halides is 2. The number of carbonyl (C=O) groups excluding carboxylic acids is 1. The summed E-state index contributed by atoms with van der Waals surface area (Å²) in [5.74, 6) is -0.0682. The highest BCUT2D eigenvalue weighted by atomic mass is 35.5. The monoisotopic (exact) mass is 403 g/mol. The first-order chi connectivity index (χ1) is 13.5. The van der Waals surface area contributed by atoms with E-state index in [1.165, 1.54) is 10.9 Å². The Balaban J connectivity index is 1.68. The molecular formula is C18H12ClF2N5O2. The molecule has 0 saturated heterocycles. The van der Waals surface area contributed by atoms with Crippen LogP contribution in [0.25, 0.3) is 17.1 Å². The predicted octanol–water partition coefficient (Wildman–Crippen LogP) is 4.63. The first-order valence-electron chi connectivity index (χ1n) is 8.05. The van der Waals surface area contributed by atoms with Gasteiger partial charge in [-0.25, -0.2) is 9.36 Å². The van der Waals surface area contributed by atoms with Crippen LogP contribution in [-0.2, 0) is 0 Å². The van der Waals surface area contributed by atoms with Crippen LogP contribution < -0.4 is 5.32 Å². The van der Waals surface area contributed by atoms with Crippen molar-refractivity contribution in [3.05, 3.63) is 71.8 Å². The summed E-state index contributed by atoms with van der Waals surface area (Å²) in [6.07, 6.45) is 3.67. The van der Waals surface area contributed by atoms with E-state index in [0.29, 0.717) is 26.8 Å². The maximum absolute atomic E-state index is 12.6. The number of hydrogen-bond acceptors (Lipinski definition) is 4. The lowest BCUT2D eigenvalue weighted by molar-refractivity contribution is 0.0566. The minimum Gasteiger partial charge on any atom is -0.463 e. The summed E-state index contributed by atoms with van der Waals surface area (Å²) in [4.78, 5) is 12.6. The zero-order chi connectivity index (χ0) is 19.7. The van der Waals surface area contributed by atoms with Crippen molar-refractivity contribution in [3.63, 3.8) is 0 Å². The molecule has 0 atom stereocenters. The van der Waals surface area contributed by atoms with Crippen molar-refractivity contribution < 1.29 is 18.0 Å².